The predicted octanol–water partition coefficient (Wildman–Crippen LogP) is 3.40. The van der Waals surface area contributed by atoms with E-state index >= 15 is 0 Å². The molecule has 1 atom stereocenters. The molecule has 0 bridgehead atoms. The Kier molecular flexibility index (Phi) is 7.02. The Morgan fingerprint density at radius 1 is 1.27 bits per heavy atom. The van der Waals surface area contributed by atoms with Crippen molar-refractivity contribution in [1.29, 1.82) is 0 Å². The van der Waals surface area contributed by atoms with Crippen molar-refractivity contribution in [2.24, 2.45) is 0 Å². The second-order valence-electron chi connectivity index (χ2n) is 6.52. The lowest BCUT2D eigenvalue weighted by Gasteiger charge is -2.26. The summed E-state index contributed by atoms with van der Waals surface area (Å²) in [5.74, 6) is 0.159. The molecule has 0 radical (unpaired) electrons. The van der Waals surface area contributed by atoms with Gasteiger partial charge in [-0.3, -0.25) is 0 Å². The third-order valence-corrected chi connectivity index (χ3v) is 4.71. The van der Waals surface area contributed by atoms with E-state index in [1.165, 1.54) is 19.2 Å². The van der Waals surface area contributed by atoms with Gasteiger partial charge in [-0.15, -0.1) is 0 Å². The van der Waals surface area contributed by atoms with E-state index in [0.717, 1.165) is 19.3 Å². The third-order valence-electron chi connectivity index (χ3n) is 4.71. The van der Waals surface area contributed by atoms with Crippen LogP contribution in [-0.2, 0) is 11.3 Å². The van der Waals surface area contributed by atoms with E-state index in [4.69, 9.17) is 9.47 Å². The Morgan fingerprint density at radius 3 is 2.69 bits per heavy atom. The molecule has 1 heterocycles. The molecule has 1 aliphatic rings. The minimum atomic E-state index is -2.94. The number of alkyl halides is 2. The van der Waals surface area contributed by atoms with Gasteiger partial charge in [0, 0.05) is 26.7 Å². The first-order chi connectivity index (χ1) is 12.4. The quantitative estimate of drug-likeness (QED) is 0.832. The molecule has 1 unspecified atom stereocenters. The summed E-state index contributed by atoms with van der Waals surface area (Å²) in [5, 5.41) is 2.82. The van der Waals surface area contributed by atoms with E-state index in [-0.39, 0.29) is 29.7 Å². The highest BCUT2D eigenvalue weighted by Gasteiger charge is 2.29. The molecule has 0 aliphatic carbocycles. The number of urea groups is 1. The highest BCUT2D eigenvalue weighted by Crippen LogP contribution is 2.29. The number of rotatable bonds is 6. The minimum Gasteiger partial charge on any atom is -0.493 e. The van der Waals surface area contributed by atoms with Crippen LogP contribution in [0.3, 0.4) is 0 Å². The van der Waals surface area contributed by atoms with E-state index in [0.29, 0.717) is 18.7 Å². The molecule has 2 rings (SSSR count). The number of amides is 2. The minimum absolute atomic E-state index is 0.0557. The molecular weight excluding hydrogens is 346 g/mol. The van der Waals surface area contributed by atoms with Crippen molar-refractivity contribution < 1.29 is 27.8 Å². The number of nitrogens with one attached hydrogen (secondary N) is 1. The highest BCUT2D eigenvalue weighted by molar-refractivity contribution is 5.74. The van der Waals surface area contributed by atoms with Crippen molar-refractivity contribution in [2.45, 2.75) is 44.9 Å². The first-order valence-electron chi connectivity index (χ1n) is 8.56. The smallest absolute Gasteiger partial charge is 0.387 e. The van der Waals surface area contributed by atoms with Gasteiger partial charge in [-0.1, -0.05) is 6.07 Å². The maximum absolute atomic E-state index is 12.5. The molecule has 2 amide bonds. The third kappa shape index (κ3) is 5.45. The second kappa shape index (κ2) is 9.02. The van der Waals surface area contributed by atoms with E-state index < -0.39 is 6.61 Å². The van der Waals surface area contributed by atoms with Crippen LogP contribution in [-0.4, -0.2) is 50.5 Å². The Balaban J connectivity index is 1.94. The van der Waals surface area contributed by atoms with Crippen LogP contribution in [0.4, 0.5) is 13.6 Å². The lowest BCUT2D eigenvalue weighted by Crippen LogP contribution is -2.40. The molecule has 8 heteroatoms. The Morgan fingerprint density at radius 2 is 2.04 bits per heavy atom. The summed E-state index contributed by atoms with van der Waals surface area (Å²) in [6.45, 7) is 0.587. The Hall–Kier alpha value is -2.09. The molecule has 6 nitrogen and oxygen atoms in total. The van der Waals surface area contributed by atoms with E-state index in [1.54, 1.807) is 18.1 Å². The summed E-state index contributed by atoms with van der Waals surface area (Å²) in [6.07, 6.45) is 2.54. The predicted molar refractivity (Wildman–Crippen MR) is 92.7 cm³/mol. The number of benzene rings is 1. The van der Waals surface area contributed by atoms with Crippen LogP contribution in [0.5, 0.6) is 11.5 Å². The number of carbonyl (C=O) groups excluding carboxylic acids is 1. The zero-order valence-corrected chi connectivity index (χ0v) is 15.4. The topological polar surface area (TPSA) is 60.0 Å². The van der Waals surface area contributed by atoms with E-state index in [1.807, 2.05) is 0 Å². The standard InChI is InChI=1S/C18H26F2N2O4/c1-18(25-3)7-4-9-22(10-8-18)17(23)21-12-13-5-6-14(24-2)15(11-13)26-16(19)20/h5-6,11,16H,4,7-10,12H2,1-3H3,(H,21,23). The summed E-state index contributed by atoms with van der Waals surface area (Å²) < 4.78 is 40.0. The average Bonchev–Trinajstić information content (AvgIpc) is 2.82. The van der Waals surface area contributed by atoms with Gasteiger partial charge in [-0.25, -0.2) is 4.79 Å². The van der Waals surface area contributed by atoms with Gasteiger partial charge in [-0.05, 0) is 43.9 Å². The van der Waals surface area contributed by atoms with Gasteiger partial charge in [-0.2, -0.15) is 8.78 Å². The molecule has 146 valence electrons. The second-order valence-corrected chi connectivity index (χ2v) is 6.52. The SMILES string of the molecule is COc1ccc(CNC(=O)N2CCCC(C)(OC)CC2)cc1OC(F)F. The van der Waals surface area contributed by atoms with Crippen molar-refractivity contribution in [3.8, 4) is 11.5 Å². The van der Waals surface area contributed by atoms with Gasteiger partial charge >= 0.3 is 12.6 Å². The molecule has 1 N–H and O–H groups in total. The lowest BCUT2D eigenvalue weighted by atomic mass is 9.97. The number of nitrogens with zero attached hydrogens (tertiary/aromatic N) is 1. The summed E-state index contributed by atoms with van der Waals surface area (Å²) in [7, 11) is 3.07. The number of methoxy groups -OCH3 is 2. The molecule has 1 fully saturated rings. The molecule has 1 aromatic carbocycles. The molecule has 26 heavy (non-hydrogen) atoms. The normalized spacial score (nSPS) is 20.6. The van der Waals surface area contributed by atoms with E-state index in [9.17, 15) is 13.6 Å². The fourth-order valence-corrected chi connectivity index (χ4v) is 2.97. The zero-order chi connectivity index (χ0) is 19.2. The summed E-state index contributed by atoms with van der Waals surface area (Å²) in [6, 6.07) is 4.49. The molecule has 0 spiro atoms. The highest BCUT2D eigenvalue weighted by atomic mass is 19.3. The lowest BCUT2D eigenvalue weighted by molar-refractivity contribution is -0.0512. The Labute approximate surface area is 152 Å². The van der Waals surface area contributed by atoms with Crippen molar-refractivity contribution in [3.05, 3.63) is 23.8 Å². The van der Waals surface area contributed by atoms with Crippen molar-refractivity contribution >= 4 is 6.03 Å². The summed E-state index contributed by atoms with van der Waals surface area (Å²) >= 11 is 0. The van der Waals surface area contributed by atoms with Gasteiger partial charge in [0.05, 0.1) is 12.7 Å². The maximum atomic E-state index is 12.5. The summed E-state index contributed by atoms with van der Waals surface area (Å²) in [4.78, 5) is 14.2. The van der Waals surface area contributed by atoms with E-state index in [2.05, 4.69) is 17.0 Å². The largest absolute Gasteiger partial charge is 0.493 e. The molecule has 1 aromatic rings. The fraction of sp³-hybridized carbons (Fsp3) is 0.611. The van der Waals surface area contributed by atoms with Gasteiger partial charge in [0.15, 0.2) is 11.5 Å². The van der Waals surface area contributed by atoms with Gasteiger partial charge in [0.1, 0.15) is 0 Å². The number of hydrogen-bond acceptors (Lipinski definition) is 4. The van der Waals surface area contributed by atoms with Gasteiger partial charge < -0.3 is 24.4 Å². The number of ether oxygens (including phenoxy) is 3. The van der Waals surface area contributed by atoms with Crippen molar-refractivity contribution in [1.82, 2.24) is 10.2 Å². The molecule has 1 aliphatic heterocycles. The van der Waals surface area contributed by atoms with Crippen LogP contribution in [0.15, 0.2) is 18.2 Å². The van der Waals surface area contributed by atoms with Gasteiger partial charge in [0.2, 0.25) is 0 Å². The van der Waals surface area contributed by atoms with Crippen LogP contribution < -0.4 is 14.8 Å². The fourth-order valence-electron chi connectivity index (χ4n) is 2.97. The van der Waals surface area contributed by atoms with Crippen LogP contribution in [0, 0.1) is 0 Å². The molecule has 0 saturated carbocycles. The molecular formula is C18H26F2N2O4. The first-order valence-corrected chi connectivity index (χ1v) is 8.56. The zero-order valence-electron chi connectivity index (χ0n) is 15.4. The van der Waals surface area contributed by atoms with Crippen LogP contribution in [0.1, 0.15) is 31.7 Å². The summed E-state index contributed by atoms with van der Waals surface area (Å²) in [5.41, 5.74) is 0.443. The van der Waals surface area contributed by atoms with Gasteiger partial charge in [0.25, 0.3) is 0 Å². The maximum Gasteiger partial charge on any atom is 0.387 e. The number of halogens is 2. The number of likely N-dealkylation sites (tertiary alicyclic amines) is 1. The van der Waals surface area contributed by atoms with Crippen LogP contribution >= 0.6 is 0 Å². The number of carbonyl (C=O) groups is 1. The van der Waals surface area contributed by atoms with Crippen molar-refractivity contribution in [2.75, 3.05) is 27.3 Å². The molecule has 0 aromatic heterocycles. The molecule has 1 saturated heterocycles. The van der Waals surface area contributed by atoms with Crippen LogP contribution in [0.2, 0.25) is 0 Å². The average molecular weight is 372 g/mol. The monoisotopic (exact) mass is 372 g/mol. The first kappa shape index (κ1) is 20.2. The van der Waals surface area contributed by atoms with Crippen LogP contribution in [0.25, 0.3) is 0 Å². The van der Waals surface area contributed by atoms with Crippen molar-refractivity contribution in [3.63, 3.8) is 0 Å². The Bertz CT molecular complexity index is 615. The number of hydrogen-bond donors (Lipinski definition) is 1.